The maximum absolute atomic E-state index is 13.4. The lowest BCUT2D eigenvalue weighted by Gasteiger charge is -2.29. The number of hydrogen-bond donors (Lipinski definition) is 1. The van der Waals surface area contributed by atoms with Crippen LogP contribution in [0.5, 0.6) is 0 Å². The Bertz CT molecular complexity index is 659. The van der Waals surface area contributed by atoms with Gasteiger partial charge in [0.25, 0.3) is 0 Å². The summed E-state index contributed by atoms with van der Waals surface area (Å²) in [6.07, 6.45) is 2.10. The summed E-state index contributed by atoms with van der Waals surface area (Å²) in [5.74, 6) is -1.64. The first-order valence-electron chi connectivity index (χ1n) is 7.43. The number of halogens is 1. The Kier molecular flexibility index (Phi) is 5.72. The van der Waals surface area contributed by atoms with Gasteiger partial charge in [-0.2, -0.15) is 4.31 Å². The molecule has 8 heteroatoms. The van der Waals surface area contributed by atoms with Gasteiger partial charge in [0.2, 0.25) is 15.9 Å². The summed E-state index contributed by atoms with van der Waals surface area (Å²) in [6.45, 7) is 0.535. The van der Waals surface area contributed by atoms with Crippen LogP contribution in [0.2, 0.25) is 0 Å². The average Bonchev–Trinajstić information content (AvgIpc) is 2.47. The zero-order chi connectivity index (χ0) is 17.0. The molecule has 1 heterocycles. The lowest BCUT2D eigenvalue weighted by atomic mass is 10.1. The van der Waals surface area contributed by atoms with Crippen molar-refractivity contribution in [1.29, 1.82) is 0 Å². The number of benzene rings is 1. The first kappa shape index (κ1) is 17.8. The van der Waals surface area contributed by atoms with Crippen molar-refractivity contribution in [2.24, 2.45) is 5.73 Å². The molecule has 1 aliphatic heterocycles. The van der Waals surface area contributed by atoms with Gasteiger partial charge in [-0.25, -0.2) is 12.8 Å². The SMILES string of the molecule is CN([C@@H](C(N)=O)c1cccc(F)c1)S(=O)(=O)C[C@@H]1CCCCO1. The number of amides is 1. The number of carbonyl (C=O) groups excluding carboxylic acids is 1. The van der Waals surface area contributed by atoms with Crippen LogP contribution in [0.25, 0.3) is 0 Å². The number of likely N-dealkylation sites (N-methyl/N-ethyl adjacent to an activating group) is 1. The van der Waals surface area contributed by atoms with E-state index in [-0.39, 0.29) is 11.3 Å². The molecule has 1 saturated heterocycles. The number of nitrogens with zero attached hydrogens (tertiary/aromatic N) is 1. The van der Waals surface area contributed by atoms with E-state index >= 15 is 0 Å². The Labute approximate surface area is 135 Å². The van der Waals surface area contributed by atoms with Crippen LogP contribution in [0.1, 0.15) is 30.9 Å². The molecule has 23 heavy (non-hydrogen) atoms. The number of primary amides is 1. The van der Waals surface area contributed by atoms with E-state index < -0.39 is 33.9 Å². The molecule has 0 aromatic heterocycles. The molecule has 1 fully saturated rings. The van der Waals surface area contributed by atoms with Crippen LogP contribution in [-0.4, -0.2) is 44.1 Å². The molecule has 1 amide bonds. The van der Waals surface area contributed by atoms with Gasteiger partial charge < -0.3 is 10.5 Å². The van der Waals surface area contributed by atoms with E-state index in [1.807, 2.05) is 0 Å². The quantitative estimate of drug-likeness (QED) is 0.839. The topological polar surface area (TPSA) is 89.7 Å². The third kappa shape index (κ3) is 4.49. The van der Waals surface area contributed by atoms with Crippen molar-refractivity contribution in [3.8, 4) is 0 Å². The van der Waals surface area contributed by atoms with Gasteiger partial charge in [0.05, 0.1) is 11.9 Å². The third-order valence-electron chi connectivity index (χ3n) is 3.91. The van der Waals surface area contributed by atoms with Gasteiger partial charge >= 0.3 is 0 Å². The fraction of sp³-hybridized carbons (Fsp3) is 0.533. The highest BCUT2D eigenvalue weighted by atomic mass is 32.2. The molecule has 2 rings (SSSR count). The smallest absolute Gasteiger partial charge is 0.240 e. The van der Waals surface area contributed by atoms with E-state index in [1.54, 1.807) is 0 Å². The molecule has 0 bridgehead atoms. The normalized spacial score (nSPS) is 20.4. The minimum absolute atomic E-state index is 0.202. The van der Waals surface area contributed by atoms with Crippen molar-refractivity contribution in [2.75, 3.05) is 19.4 Å². The maximum Gasteiger partial charge on any atom is 0.240 e. The summed E-state index contributed by atoms with van der Waals surface area (Å²) < 4.78 is 44.8. The summed E-state index contributed by atoms with van der Waals surface area (Å²) in [5, 5.41) is 0. The molecule has 0 spiro atoms. The molecule has 2 atom stereocenters. The molecule has 1 aromatic carbocycles. The van der Waals surface area contributed by atoms with Crippen molar-refractivity contribution in [3.63, 3.8) is 0 Å². The van der Waals surface area contributed by atoms with Gasteiger partial charge in [0.15, 0.2) is 0 Å². The molecule has 0 radical (unpaired) electrons. The van der Waals surface area contributed by atoms with Crippen molar-refractivity contribution in [3.05, 3.63) is 35.6 Å². The van der Waals surface area contributed by atoms with Gasteiger partial charge in [-0.05, 0) is 37.0 Å². The van der Waals surface area contributed by atoms with Gasteiger partial charge in [0.1, 0.15) is 11.9 Å². The van der Waals surface area contributed by atoms with Crippen LogP contribution in [0, 0.1) is 5.82 Å². The first-order valence-corrected chi connectivity index (χ1v) is 9.04. The van der Waals surface area contributed by atoms with Crippen LogP contribution in [0.3, 0.4) is 0 Å². The monoisotopic (exact) mass is 344 g/mol. The second kappa shape index (κ2) is 7.37. The molecule has 0 unspecified atom stereocenters. The van der Waals surface area contributed by atoms with Gasteiger partial charge in [-0.1, -0.05) is 12.1 Å². The molecular weight excluding hydrogens is 323 g/mol. The van der Waals surface area contributed by atoms with E-state index in [2.05, 4.69) is 0 Å². The van der Waals surface area contributed by atoms with Crippen LogP contribution in [0.4, 0.5) is 4.39 Å². The van der Waals surface area contributed by atoms with E-state index in [1.165, 1.54) is 25.2 Å². The number of ether oxygens (including phenoxy) is 1. The summed E-state index contributed by atoms with van der Waals surface area (Å²) in [5.41, 5.74) is 5.55. The largest absolute Gasteiger partial charge is 0.377 e. The Morgan fingerprint density at radius 1 is 1.48 bits per heavy atom. The highest BCUT2D eigenvalue weighted by molar-refractivity contribution is 7.89. The van der Waals surface area contributed by atoms with Gasteiger partial charge in [-0.3, -0.25) is 4.79 Å². The Morgan fingerprint density at radius 2 is 2.22 bits per heavy atom. The average molecular weight is 344 g/mol. The van der Waals surface area contributed by atoms with Crippen molar-refractivity contribution in [1.82, 2.24) is 4.31 Å². The Hall–Kier alpha value is -1.51. The molecule has 2 N–H and O–H groups in total. The second-order valence-corrected chi connectivity index (χ2v) is 7.72. The van der Waals surface area contributed by atoms with Gasteiger partial charge in [0, 0.05) is 13.7 Å². The Balaban J connectivity index is 2.22. The van der Waals surface area contributed by atoms with E-state index in [0.717, 1.165) is 23.2 Å². The van der Waals surface area contributed by atoms with E-state index in [9.17, 15) is 17.6 Å². The standard InChI is InChI=1S/C15H21FN2O4S/c1-18(23(20,21)10-13-7-2-3-8-22-13)14(15(17)19)11-5-4-6-12(16)9-11/h4-6,9,13-14H,2-3,7-8,10H2,1H3,(H2,17,19)/t13-,14+/m0/s1. The second-order valence-electron chi connectivity index (χ2n) is 5.64. The summed E-state index contributed by atoms with van der Waals surface area (Å²) in [4.78, 5) is 11.8. The minimum Gasteiger partial charge on any atom is -0.377 e. The Morgan fingerprint density at radius 3 is 2.78 bits per heavy atom. The summed E-state index contributed by atoms with van der Waals surface area (Å²) in [6, 6.07) is 3.96. The predicted octanol–water partition coefficient (Wildman–Crippen LogP) is 1.18. The van der Waals surface area contributed by atoms with Crippen LogP contribution < -0.4 is 5.73 Å². The van der Waals surface area contributed by atoms with Crippen molar-refractivity contribution >= 4 is 15.9 Å². The summed E-state index contributed by atoms with van der Waals surface area (Å²) in [7, 11) is -2.50. The first-order chi connectivity index (χ1) is 10.8. The number of hydrogen-bond acceptors (Lipinski definition) is 4. The molecule has 128 valence electrons. The molecule has 1 aliphatic rings. The number of nitrogens with two attached hydrogens (primary N) is 1. The number of carbonyl (C=O) groups is 1. The fourth-order valence-electron chi connectivity index (χ4n) is 2.68. The van der Waals surface area contributed by atoms with Crippen molar-refractivity contribution in [2.45, 2.75) is 31.4 Å². The highest BCUT2D eigenvalue weighted by Crippen LogP contribution is 2.24. The number of sulfonamides is 1. The lowest BCUT2D eigenvalue weighted by Crippen LogP contribution is -2.43. The summed E-state index contributed by atoms with van der Waals surface area (Å²) >= 11 is 0. The van der Waals surface area contributed by atoms with Crippen molar-refractivity contribution < 1.29 is 22.3 Å². The zero-order valence-corrected chi connectivity index (χ0v) is 13.8. The molecule has 6 nitrogen and oxygen atoms in total. The fourth-order valence-corrected chi connectivity index (χ4v) is 4.20. The molecular formula is C15H21FN2O4S. The zero-order valence-electron chi connectivity index (χ0n) is 12.9. The molecule has 0 saturated carbocycles. The van der Waals surface area contributed by atoms with E-state index in [4.69, 9.17) is 10.5 Å². The third-order valence-corrected chi connectivity index (χ3v) is 5.79. The van der Waals surface area contributed by atoms with Crippen LogP contribution in [0.15, 0.2) is 24.3 Å². The highest BCUT2D eigenvalue weighted by Gasteiger charge is 2.34. The lowest BCUT2D eigenvalue weighted by molar-refractivity contribution is -0.121. The predicted molar refractivity (Wildman–Crippen MR) is 83.5 cm³/mol. The molecule has 0 aliphatic carbocycles. The van der Waals surface area contributed by atoms with E-state index in [0.29, 0.717) is 13.0 Å². The number of rotatable bonds is 6. The van der Waals surface area contributed by atoms with Crippen LogP contribution in [-0.2, 0) is 19.6 Å². The molecule has 1 aromatic rings. The van der Waals surface area contributed by atoms with Gasteiger partial charge in [-0.15, -0.1) is 0 Å². The minimum atomic E-state index is -3.78. The van der Waals surface area contributed by atoms with Crippen LogP contribution >= 0.6 is 0 Å². The maximum atomic E-state index is 13.4.